The van der Waals surface area contributed by atoms with Gasteiger partial charge in [0.2, 0.25) is 11.9 Å². The van der Waals surface area contributed by atoms with Crippen molar-refractivity contribution >= 4 is 16.7 Å². The summed E-state index contributed by atoms with van der Waals surface area (Å²) in [5.41, 5.74) is -0.404. The van der Waals surface area contributed by atoms with Crippen molar-refractivity contribution in [2.24, 2.45) is 0 Å². The third-order valence-electron chi connectivity index (χ3n) is 4.75. The van der Waals surface area contributed by atoms with E-state index in [9.17, 15) is 27.2 Å². The first-order chi connectivity index (χ1) is 15.7. The molecule has 0 atom stereocenters. The second kappa shape index (κ2) is 8.85. The van der Waals surface area contributed by atoms with Crippen LogP contribution < -0.4 is 14.8 Å². The summed E-state index contributed by atoms with van der Waals surface area (Å²) in [6.07, 6.45) is -1.66. The Morgan fingerprint density at radius 3 is 2.42 bits per heavy atom. The molecule has 6 nitrogen and oxygen atoms in total. The van der Waals surface area contributed by atoms with Crippen LogP contribution in [0.25, 0.3) is 10.9 Å². The lowest BCUT2D eigenvalue weighted by atomic mass is 10.1. The van der Waals surface area contributed by atoms with Gasteiger partial charge in [-0.2, -0.15) is 17.9 Å². The number of hydrogen-bond acceptors (Lipinski definition) is 5. The normalized spacial score (nSPS) is 11.5. The Hall–Kier alpha value is -4.02. The first-order valence-electron chi connectivity index (χ1n) is 9.62. The lowest BCUT2D eigenvalue weighted by Crippen LogP contribution is -2.26. The summed E-state index contributed by atoms with van der Waals surface area (Å²) >= 11 is 0. The molecule has 0 bridgehead atoms. The monoisotopic (exact) mass is 462 g/mol. The minimum absolute atomic E-state index is 0.0554. The average Bonchev–Trinajstić information content (AvgIpc) is 2.77. The fraction of sp³-hybridized carbons (Fsp3) is 0.136. The number of fused-ring (bicyclic) bond motifs is 1. The number of pyridine rings is 1. The Balaban J connectivity index is 1.43. The molecule has 2 heterocycles. The Kier molecular flexibility index (Phi) is 5.95. The molecule has 0 aliphatic carbocycles. The van der Waals surface area contributed by atoms with E-state index in [1.807, 2.05) is 0 Å². The highest BCUT2D eigenvalue weighted by Crippen LogP contribution is 2.37. The fourth-order valence-electron chi connectivity index (χ4n) is 3.19. The van der Waals surface area contributed by atoms with Crippen molar-refractivity contribution in [3.8, 4) is 11.5 Å². The number of aromatic nitrogens is 3. The molecule has 4 aromatic rings. The summed E-state index contributed by atoms with van der Waals surface area (Å²) in [7, 11) is 0. The molecular formula is C22H15F5N4O2. The number of nitrogens with one attached hydrogen (secondary N) is 1. The number of hydrogen-bond donors (Lipinski definition) is 1. The molecule has 0 saturated heterocycles. The summed E-state index contributed by atoms with van der Waals surface area (Å²) < 4.78 is 72.8. The van der Waals surface area contributed by atoms with Gasteiger partial charge >= 0.3 is 6.18 Å². The SMILES string of the molecule is [O-][n+]1ccc(C(F)(F)F)c(Oc2ccc(CCNc3ncnc4c(F)ccc(F)c34)cc2)c1. The lowest BCUT2D eigenvalue weighted by molar-refractivity contribution is -0.606. The Morgan fingerprint density at radius 2 is 1.70 bits per heavy atom. The molecule has 0 saturated carbocycles. The average molecular weight is 462 g/mol. The van der Waals surface area contributed by atoms with Gasteiger partial charge in [-0.15, -0.1) is 0 Å². The Labute approximate surface area is 183 Å². The van der Waals surface area contributed by atoms with E-state index in [1.54, 1.807) is 12.1 Å². The van der Waals surface area contributed by atoms with Crippen LogP contribution in [0.3, 0.4) is 0 Å². The molecular weight excluding hydrogens is 447 g/mol. The van der Waals surface area contributed by atoms with Gasteiger partial charge in [-0.25, -0.2) is 18.7 Å². The second-order valence-corrected chi connectivity index (χ2v) is 6.98. The van der Waals surface area contributed by atoms with E-state index in [0.29, 0.717) is 25.2 Å². The maximum absolute atomic E-state index is 14.1. The first-order valence-corrected chi connectivity index (χ1v) is 9.62. The standard InChI is InChI=1S/C22H15F5N4O2/c23-16-5-6-17(24)20-19(16)21(30-12-29-20)28-9-7-13-1-3-14(4-2-13)33-18-11-31(32)10-8-15(18)22(25,26)27/h1-6,8,10-12H,7,9H2,(H,28,29,30). The van der Waals surface area contributed by atoms with Gasteiger partial charge in [0.05, 0.1) is 5.39 Å². The molecule has 33 heavy (non-hydrogen) atoms. The minimum Gasteiger partial charge on any atom is -0.619 e. The zero-order valence-corrected chi connectivity index (χ0v) is 16.7. The largest absolute Gasteiger partial charge is 0.619 e. The predicted octanol–water partition coefficient (Wildman–Crippen LogP) is 5.01. The smallest absolute Gasteiger partial charge is 0.420 e. The minimum atomic E-state index is -4.68. The Bertz CT molecular complexity index is 1300. The summed E-state index contributed by atoms with van der Waals surface area (Å²) in [5, 5.41) is 14.3. The van der Waals surface area contributed by atoms with Crippen LogP contribution in [0, 0.1) is 16.8 Å². The van der Waals surface area contributed by atoms with Gasteiger partial charge in [0.15, 0.2) is 6.20 Å². The quantitative estimate of drug-likeness (QED) is 0.248. The van der Waals surface area contributed by atoms with Crippen molar-refractivity contribution in [3.05, 3.63) is 89.2 Å². The number of halogens is 5. The summed E-state index contributed by atoms with van der Waals surface area (Å²) in [4.78, 5) is 7.74. The van der Waals surface area contributed by atoms with Crippen LogP contribution in [-0.2, 0) is 12.6 Å². The van der Waals surface area contributed by atoms with Crippen LogP contribution in [0.1, 0.15) is 11.1 Å². The first kappa shape index (κ1) is 22.2. The third-order valence-corrected chi connectivity index (χ3v) is 4.75. The highest BCUT2D eigenvalue weighted by molar-refractivity contribution is 5.89. The van der Waals surface area contributed by atoms with Crippen LogP contribution in [0.15, 0.2) is 61.2 Å². The molecule has 170 valence electrons. The maximum atomic E-state index is 14.1. The van der Waals surface area contributed by atoms with Gasteiger partial charge in [-0.1, -0.05) is 12.1 Å². The number of anilines is 1. The lowest BCUT2D eigenvalue weighted by Gasteiger charge is -2.13. The molecule has 0 amide bonds. The van der Waals surface area contributed by atoms with Crippen molar-refractivity contribution in [1.82, 2.24) is 9.97 Å². The van der Waals surface area contributed by atoms with E-state index in [4.69, 9.17) is 4.74 Å². The summed E-state index contributed by atoms with van der Waals surface area (Å²) in [5.74, 6) is -1.68. The highest BCUT2D eigenvalue weighted by Gasteiger charge is 2.36. The van der Waals surface area contributed by atoms with E-state index in [2.05, 4.69) is 15.3 Å². The van der Waals surface area contributed by atoms with Gasteiger partial charge in [-0.05, 0) is 36.2 Å². The van der Waals surface area contributed by atoms with Gasteiger partial charge in [0.25, 0.3) is 0 Å². The van der Waals surface area contributed by atoms with Gasteiger partial charge in [0.1, 0.15) is 40.6 Å². The molecule has 0 aliphatic rings. The van der Waals surface area contributed by atoms with Crippen LogP contribution >= 0.6 is 0 Å². The van der Waals surface area contributed by atoms with Crippen LogP contribution in [-0.4, -0.2) is 16.5 Å². The molecule has 0 fully saturated rings. The molecule has 11 heteroatoms. The van der Waals surface area contributed by atoms with E-state index < -0.39 is 29.1 Å². The fourth-order valence-corrected chi connectivity index (χ4v) is 3.19. The van der Waals surface area contributed by atoms with E-state index >= 15 is 0 Å². The van der Waals surface area contributed by atoms with Crippen molar-refractivity contribution < 1.29 is 31.4 Å². The van der Waals surface area contributed by atoms with Crippen molar-refractivity contribution in [2.75, 3.05) is 11.9 Å². The third kappa shape index (κ3) is 4.92. The van der Waals surface area contributed by atoms with Crippen molar-refractivity contribution in [3.63, 3.8) is 0 Å². The van der Waals surface area contributed by atoms with Crippen LogP contribution in [0.2, 0.25) is 0 Å². The van der Waals surface area contributed by atoms with Crippen molar-refractivity contribution in [1.29, 1.82) is 0 Å². The van der Waals surface area contributed by atoms with Crippen LogP contribution in [0.4, 0.5) is 27.8 Å². The van der Waals surface area contributed by atoms with Crippen molar-refractivity contribution in [2.45, 2.75) is 12.6 Å². The molecule has 2 aromatic heterocycles. The summed E-state index contributed by atoms with van der Waals surface area (Å²) in [6.45, 7) is 0.315. The summed E-state index contributed by atoms with van der Waals surface area (Å²) in [6, 6.07) is 8.83. The van der Waals surface area contributed by atoms with Gasteiger partial charge in [-0.3, -0.25) is 0 Å². The van der Waals surface area contributed by atoms with Crippen LogP contribution in [0.5, 0.6) is 11.5 Å². The van der Waals surface area contributed by atoms with Gasteiger partial charge < -0.3 is 15.3 Å². The number of alkyl halides is 3. The van der Waals surface area contributed by atoms with E-state index in [-0.39, 0.29) is 27.2 Å². The zero-order chi connectivity index (χ0) is 23.6. The molecule has 2 aromatic carbocycles. The topological polar surface area (TPSA) is 74.0 Å². The highest BCUT2D eigenvalue weighted by atomic mass is 19.4. The zero-order valence-electron chi connectivity index (χ0n) is 16.7. The number of ether oxygens (including phenoxy) is 1. The Morgan fingerprint density at radius 1 is 0.970 bits per heavy atom. The second-order valence-electron chi connectivity index (χ2n) is 6.98. The van der Waals surface area contributed by atoms with E-state index in [0.717, 1.165) is 30.2 Å². The molecule has 1 N–H and O–H groups in total. The molecule has 0 aliphatic heterocycles. The molecule has 4 rings (SSSR count). The number of nitrogens with zero attached hydrogens (tertiary/aromatic N) is 3. The maximum Gasteiger partial charge on any atom is 0.420 e. The predicted molar refractivity (Wildman–Crippen MR) is 109 cm³/mol. The number of rotatable bonds is 6. The molecule has 0 unspecified atom stereocenters. The van der Waals surface area contributed by atoms with E-state index in [1.165, 1.54) is 12.1 Å². The van der Waals surface area contributed by atoms with Gasteiger partial charge in [0, 0.05) is 12.6 Å². The molecule has 0 radical (unpaired) electrons. The molecule has 0 spiro atoms. The number of benzene rings is 2.